The predicted molar refractivity (Wildman–Crippen MR) is 97.5 cm³/mol. The van der Waals surface area contributed by atoms with Crippen LogP contribution in [0, 0.1) is 17.3 Å². The van der Waals surface area contributed by atoms with Crippen molar-refractivity contribution in [3.8, 4) is 0 Å². The molecule has 2 saturated heterocycles. The van der Waals surface area contributed by atoms with Crippen molar-refractivity contribution in [1.29, 1.82) is 0 Å². The summed E-state index contributed by atoms with van der Waals surface area (Å²) in [5, 5.41) is 3.75. The van der Waals surface area contributed by atoms with E-state index in [0.29, 0.717) is 18.1 Å². The lowest BCUT2D eigenvalue weighted by Gasteiger charge is -2.60. The number of carbonyl (C=O) groups excluding carboxylic acids is 1. The summed E-state index contributed by atoms with van der Waals surface area (Å²) in [5.41, 5.74) is 0.129. The number of likely N-dealkylation sites (tertiary alicyclic amines) is 1. The van der Waals surface area contributed by atoms with Gasteiger partial charge in [-0.2, -0.15) is 0 Å². The Hall–Kier alpha value is -1.30. The Morgan fingerprint density at radius 3 is 2.68 bits per heavy atom. The molecule has 2 aliphatic heterocycles. The van der Waals surface area contributed by atoms with E-state index in [9.17, 15) is 4.79 Å². The molecule has 0 aromatic heterocycles. The Kier molecular flexibility index (Phi) is 5.56. The number of carbonyl (C=O) groups is 1. The summed E-state index contributed by atoms with van der Waals surface area (Å²) in [5.74, 6) is 1.52. The number of aliphatic imine (C=N–C) groups is 1. The van der Waals surface area contributed by atoms with Gasteiger partial charge in [0, 0.05) is 43.6 Å². The van der Waals surface area contributed by atoms with Crippen LogP contribution in [0.15, 0.2) is 4.99 Å². The van der Waals surface area contributed by atoms with Crippen LogP contribution in [0.2, 0.25) is 0 Å². The van der Waals surface area contributed by atoms with Crippen LogP contribution in [0.25, 0.3) is 0 Å². The van der Waals surface area contributed by atoms with E-state index < -0.39 is 0 Å². The summed E-state index contributed by atoms with van der Waals surface area (Å²) < 4.78 is 10.9. The summed E-state index contributed by atoms with van der Waals surface area (Å²) in [6.07, 6.45) is 4.42. The lowest BCUT2D eigenvalue weighted by atomic mass is 9.55. The van der Waals surface area contributed by atoms with Gasteiger partial charge in [0.05, 0.1) is 19.1 Å². The minimum Gasteiger partial charge on any atom is -0.469 e. The van der Waals surface area contributed by atoms with Crippen molar-refractivity contribution < 1.29 is 14.3 Å². The zero-order valence-corrected chi connectivity index (χ0v) is 16.1. The second-order valence-corrected chi connectivity index (χ2v) is 8.12. The predicted octanol–water partition coefficient (Wildman–Crippen LogP) is 2.04. The third-order valence-electron chi connectivity index (χ3n) is 6.25. The number of fused-ring (bicyclic) bond motifs is 1. The SMILES string of the molecule is CCN=C(NC1C2CCCOC2C1(C)C)N1CCC(C(=O)OC)CC1. The molecule has 1 aliphatic carbocycles. The number of hydrogen-bond donors (Lipinski definition) is 1. The monoisotopic (exact) mass is 351 g/mol. The van der Waals surface area contributed by atoms with E-state index in [1.54, 1.807) is 0 Å². The third kappa shape index (κ3) is 3.50. The average Bonchev–Trinajstić information content (AvgIpc) is 2.64. The normalized spacial score (nSPS) is 32.6. The number of hydrogen-bond acceptors (Lipinski definition) is 4. The van der Waals surface area contributed by atoms with Gasteiger partial charge in [0.2, 0.25) is 0 Å². The van der Waals surface area contributed by atoms with Gasteiger partial charge in [-0.25, -0.2) is 0 Å². The standard InChI is InChI=1S/C19H33N3O3/c1-5-20-18(22-10-8-13(9-11-22)17(23)24-4)21-15-14-7-6-12-25-16(14)19(15,2)3/h13-16H,5-12H2,1-4H3,(H,20,21). The summed E-state index contributed by atoms with van der Waals surface area (Å²) in [6, 6.07) is 0.404. The first kappa shape index (κ1) is 18.5. The first-order chi connectivity index (χ1) is 12.0. The topological polar surface area (TPSA) is 63.2 Å². The number of guanidine groups is 1. The highest BCUT2D eigenvalue weighted by Gasteiger charge is 2.58. The lowest BCUT2D eigenvalue weighted by molar-refractivity contribution is -0.188. The zero-order chi connectivity index (χ0) is 18.0. The first-order valence-corrected chi connectivity index (χ1v) is 9.74. The van der Waals surface area contributed by atoms with E-state index in [1.807, 2.05) is 0 Å². The van der Waals surface area contributed by atoms with Crippen LogP contribution in [0.1, 0.15) is 46.5 Å². The van der Waals surface area contributed by atoms with Gasteiger partial charge in [-0.05, 0) is 32.6 Å². The molecule has 0 amide bonds. The number of nitrogens with one attached hydrogen (secondary N) is 1. The number of methoxy groups -OCH3 is 1. The highest BCUT2D eigenvalue weighted by molar-refractivity contribution is 5.81. The fraction of sp³-hybridized carbons (Fsp3) is 0.895. The van der Waals surface area contributed by atoms with Crippen LogP contribution in [0.5, 0.6) is 0 Å². The molecular weight excluding hydrogens is 318 g/mol. The summed E-state index contributed by atoms with van der Waals surface area (Å²) in [6.45, 7) is 10.0. The molecule has 3 fully saturated rings. The molecule has 0 radical (unpaired) electrons. The highest BCUT2D eigenvalue weighted by atomic mass is 16.5. The fourth-order valence-corrected chi connectivity index (χ4v) is 4.83. The Bertz CT molecular complexity index is 512. The van der Waals surface area contributed by atoms with Crippen LogP contribution < -0.4 is 5.32 Å². The number of ether oxygens (including phenoxy) is 2. The van der Waals surface area contributed by atoms with Gasteiger partial charge in [0.15, 0.2) is 5.96 Å². The molecule has 1 saturated carbocycles. The second-order valence-electron chi connectivity index (χ2n) is 8.12. The molecule has 25 heavy (non-hydrogen) atoms. The molecule has 3 aliphatic rings. The summed E-state index contributed by atoms with van der Waals surface area (Å²) in [4.78, 5) is 18.8. The molecule has 142 valence electrons. The van der Waals surface area contributed by atoms with E-state index in [1.165, 1.54) is 13.5 Å². The van der Waals surface area contributed by atoms with Crippen molar-refractivity contribution in [1.82, 2.24) is 10.2 Å². The molecule has 6 nitrogen and oxygen atoms in total. The Morgan fingerprint density at radius 1 is 1.32 bits per heavy atom. The Morgan fingerprint density at radius 2 is 2.04 bits per heavy atom. The minimum absolute atomic E-state index is 0.0281. The van der Waals surface area contributed by atoms with Crippen molar-refractivity contribution in [2.75, 3.05) is 33.4 Å². The zero-order valence-electron chi connectivity index (χ0n) is 16.1. The summed E-state index contributed by atoms with van der Waals surface area (Å²) >= 11 is 0. The molecule has 2 heterocycles. The highest BCUT2D eigenvalue weighted by Crippen LogP contribution is 2.51. The third-order valence-corrected chi connectivity index (χ3v) is 6.25. The number of rotatable bonds is 3. The van der Waals surface area contributed by atoms with Crippen LogP contribution >= 0.6 is 0 Å². The lowest BCUT2D eigenvalue weighted by Crippen LogP contribution is -2.71. The Labute approximate surface area is 151 Å². The largest absolute Gasteiger partial charge is 0.469 e. The average molecular weight is 351 g/mol. The van der Waals surface area contributed by atoms with Crippen molar-refractivity contribution in [3.05, 3.63) is 0 Å². The van der Waals surface area contributed by atoms with Gasteiger partial charge >= 0.3 is 5.97 Å². The van der Waals surface area contributed by atoms with Crippen LogP contribution in [0.3, 0.4) is 0 Å². The smallest absolute Gasteiger partial charge is 0.308 e. The maximum atomic E-state index is 11.7. The van der Waals surface area contributed by atoms with Crippen molar-refractivity contribution in [2.45, 2.75) is 58.6 Å². The maximum Gasteiger partial charge on any atom is 0.308 e. The molecule has 0 spiro atoms. The van der Waals surface area contributed by atoms with Crippen LogP contribution in [0.4, 0.5) is 0 Å². The molecule has 0 bridgehead atoms. The molecule has 3 rings (SSSR count). The van der Waals surface area contributed by atoms with Crippen LogP contribution in [-0.2, 0) is 14.3 Å². The van der Waals surface area contributed by atoms with E-state index in [-0.39, 0.29) is 17.3 Å². The van der Waals surface area contributed by atoms with Gasteiger partial charge in [0.1, 0.15) is 0 Å². The molecule has 3 unspecified atom stereocenters. The van der Waals surface area contributed by atoms with Gasteiger partial charge < -0.3 is 19.7 Å². The molecule has 3 atom stereocenters. The second kappa shape index (κ2) is 7.52. The molecule has 0 aromatic rings. The number of esters is 1. The first-order valence-electron chi connectivity index (χ1n) is 9.74. The van der Waals surface area contributed by atoms with Gasteiger partial charge in [-0.1, -0.05) is 13.8 Å². The minimum atomic E-state index is -0.0797. The molecular formula is C19H33N3O3. The molecule has 6 heteroatoms. The van der Waals surface area contributed by atoms with Crippen molar-refractivity contribution in [3.63, 3.8) is 0 Å². The molecule has 0 aromatic carbocycles. The van der Waals surface area contributed by atoms with Crippen molar-refractivity contribution in [2.24, 2.45) is 22.2 Å². The fourth-order valence-electron chi connectivity index (χ4n) is 4.83. The van der Waals surface area contributed by atoms with E-state index >= 15 is 0 Å². The molecule has 1 N–H and O–H groups in total. The van der Waals surface area contributed by atoms with Crippen molar-refractivity contribution >= 4 is 11.9 Å². The van der Waals surface area contributed by atoms with E-state index in [0.717, 1.165) is 51.5 Å². The Balaban J connectivity index is 1.63. The van der Waals surface area contributed by atoms with E-state index in [2.05, 4.69) is 31.0 Å². The van der Waals surface area contributed by atoms with Gasteiger partial charge in [-0.15, -0.1) is 0 Å². The maximum absolute atomic E-state index is 11.7. The summed E-state index contributed by atoms with van der Waals surface area (Å²) in [7, 11) is 1.47. The van der Waals surface area contributed by atoms with Crippen LogP contribution in [-0.4, -0.2) is 62.3 Å². The van der Waals surface area contributed by atoms with E-state index in [4.69, 9.17) is 14.5 Å². The van der Waals surface area contributed by atoms with Gasteiger partial charge in [-0.3, -0.25) is 9.79 Å². The van der Waals surface area contributed by atoms with Gasteiger partial charge in [0.25, 0.3) is 0 Å². The number of nitrogens with zero attached hydrogens (tertiary/aromatic N) is 2. The number of piperidine rings is 1. The quantitative estimate of drug-likeness (QED) is 0.479.